The van der Waals surface area contributed by atoms with Crippen LogP contribution in [0.1, 0.15) is 47.3 Å². The second kappa shape index (κ2) is 9.05. The number of aryl methyl sites for hydroxylation is 1. The molecule has 1 atom stereocenters. The van der Waals surface area contributed by atoms with E-state index >= 15 is 0 Å². The van der Waals surface area contributed by atoms with E-state index in [1.54, 1.807) is 31.2 Å². The van der Waals surface area contributed by atoms with E-state index < -0.39 is 40.6 Å². The molecule has 3 rings (SSSR count). The smallest absolute Gasteiger partial charge is 0.399 e. The molecule has 1 aliphatic carbocycles. The molecule has 2 N–H and O–H groups in total. The van der Waals surface area contributed by atoms with Gasteiger partial charge in [-0.3, -0.25) is 9.59 Å². The highest BCUT2D eigenvalue weighted by Crippen LogP contribution is 2.38. The van der Waals surface area contributed by atoms with Crippen LogP contribution < -0.4 is 10.6 Å². The first kappa shape index (κ1) is 24.6. The number of rotatable bonds is 7. The Balaban J connectivity index is 1.80. The van der Waals surface area contributed by atoms with Crippen molar-refractivity contribution in [1.82, 2.24) is 10.6 Å². The number of benzene rings is 2. The molecule has 33 heavy (non-hydrogen) atoms. The Bertz CT molecular complexity index is 1110. The maximum Gasteiger partial charge on any atom is 0.399 e. The number of halogens is 4. The van der Waals surface area contributed by atoms with Crippen LogP contribution in [0.25, 0.3) is 11.1 Å². The van der Waals surface area contributed by atoms with Crippen molar-refractivity contribution >= 4 is 29.4 Å². The number of amides is 2. The first-order valence-corrected chi connectivity index (χ1v) is 10.5. The van der Waals surface area contributed by atoms with Crippen molar-refractivity contribution in [3.63, 3.8) is 0 Å². The summed E-state index contributed by atoms with van der Waals surface area (Å²) in [5.74, 6) is -3.66. The molecule has 2 amide bonds. The fraction of sp³-hybridized carbons (Fsp3) is 0.348. The zero-order valence-electron chi connectivity index (χ0n) is 18.1. The van der Waals surface area contributed by atoms with Crippen LogP contribution in [0.15, 0.2) is 36.4 Å². The first-order chi connectivity index (χ1) is 15.4. The lowest BCUT2D eigenvalue weighted by molar-refractivity contribution is -0.139. The van der Waals surface area contributed by atoms with E-state index in [1.807, 2.05) is 5.32 Å². The Morgan fingerprint density at radius 3 is 2.39 bits per heavy atom. The van der Waals surface area contributed by atoms with Crippen LogP contribution in [0.2, 0.25) is 0 Å². The van der Waals surface area contributed by atoms with Gasteiger partial charge >= 0.3 is 17.3 Å². The lowest BCUT2D eigenvalue weighted by atomic mass is 9.94. The molecular formula is C23H22ClF3N2O4. The molecule has 176 valence electrons. The van der Waals surface area contributed by atoms with Crippen molar-refractivity contribution in [1.29, 1.82) is 0 Å². The minimum atomic E-state index is -4.14. The Kier molecular flexibility index (Phi) is 6.74. The molecule has 6 nitrogen and oxygen atoms in total. The molecule has 0 unspecified atom stereocenters. The number of ether oxygens (including phenoxy) is 1. The predicted molar refractivity (Wildman–Crippen MR) is 115 cm³/mol. The van der Waals surface area contributed by atoms with Gasteiger partial charge in [0.2, 0.25) is 5.91 Å². The average Bonchev–Trinajstić information content (AvgIpc) is 3.52. The molecule has 0 spiro atoms. The third kappa shape index (κ3) is 5.13. The number of hydrogen-bond donors (Lipinski definition) is 2. The molecule has 0 aromatic heterocycles. The van der Waals surface area contributed by atoms with Gasteiger partial charge in [-0.1, -0.05) is 30.3 Å². The van der Waals surface area contributed by atoms with Crippen LogP contribution >= 0.6 is 11.6 Å². The van der Waals surface area contributed by atoms with Gasteiger partial charge in [0.15, 0.2) is 0 Å². The molecule has 0 aliphatic heterocycles. The van der Waals surface area contributed by atoms with Gasteiger partial charge in [-0.15, -0.1) is 0 Å². The number of methoxy groups -OCH3 is 1. The van der Waals surface area contributed by atoms with E-state index in [0.717, 1.165) is 0 Å². The zero-order valence-corrected chi connectivity index (χ0v) is 18.9. The van der Waals surface area contributed by atoms with Crippen molar-refractivity contribution in [3.8, 4) is 11.1 Å². The molecule has 10 heteroatoms. The van der Waals surface area contributed by atoms with Gasteiger partial charge < -0.3 is 15.4 Å². The Hall–Kier alpha value is -3.07. The quantitative estimate of drug-likeness (QED) is 0.456. The van der Waals surface area contributed by atoms with Gasteiger partial charge in [0.05, 0.1) is 18.7 Å². The third-order valence-electron chi connectivity index (χ3n) is 5.58. The number of nitrogens with one attached hydrogen (secondary N) is 2. The summed E-state index contributed by atoms with van der Waals surface area (Å²) in [7, 11) is 1.26. The monoisotopic (exact) mass is 482 g/mol. The summed E-state index contributed by atoms with van der Waals surface area (Å²) in [4.78, 5) is 36.2. The Morgan fingerprint density at radius 2 is 1.85 bits per heavy atom. The van der Waals surface area contributed by atoms with Crippen molar-refractivity contribution in [2.45, 2.75) is 43.7 Å². The summed E-state index contributed by atoms with van der Waals surface area (Å²) in [5, 5.41) is 0.378. The minimum Gasteiger partial charge on any atom is -0.465 e. The van der Waals surface area contributed by atoms with E-state index in [-0.39, 0.29) is 18.4 Å². The second-order valence-corrected chi connectivity index (χ2v) is 8.43. The van der Waals surface area contributed by atoms with Crippen LogP contribution in [0.4, 0.5) is 13.2 Å². The van der Waals surface area contributed by atoms with E-state index in [0.29, 0.717) is 22.3 Å². The highest BCUT2D eigenvalue weighted by molar-refractivity contribution is 6.32. The number of carbonyl (C=O) groups is 3. The SMILES string of the molecule is COC(=O)c1c(C)cccc1-c1ccc([C@@H](C)NC(=O)C2(NC(=O)C(F)(F)Cl)CC2)c(F)c1. The van der Waals surface area contributed by atoms with E-state index in [2.05, 4.69) is 5.32 Å². The highest BCUT2D eigenvalue weighted by atomic mass is 35.5. The van der Waals surface area contributed by atoms with Gasteiger partial charge in [-0.2, -0.15) is 8.78 Å². The van der Waals surface area contributed by atoms with E-state index in [1.165, 1.54) is 26.2 Å². The molecular weight excluding hydrogens is 461 g/mol. The number of alkyl halides is 3. The van der Waals surface area contributed by atoms with Crippen molar-refractivity contribution in [2.75, 3.05) is 7.11 Å². The first-order valence-electron chi connectivity index (χ1n) is 10.1. The van der Waals surface area contributed by atoms with E-state index in [9.17, 15) is 27.6 Å². The second-order valence-electron chi connectivity index (χ2n) is 7.95. The van der Waals surface area contributed by atoms with Crippen LogP contribution in [0.3, 0.4) is 0 Å². The molecule has 0 radical (unpaired) electrons. The summed E-state index contributed by atoms with van der Waals surface area (Å²) in [6.45, 7) is 3.27. The fourth-order valence-corrected chi connectivity index (χ4v) is 3.61. The van der Waals surface area contributed by atoms with Crippen molar-refractivity contribution < 1.29 is 32.3 Å². The molecule has 0 saturated heterocycles. The summed E-state index contributed by atoms with van der Waals surface area (Å²) in [5.41, 5.74) is 0.570. The number of hydrogen-bond acceptors (Lipinski definition) is 4. The van der Waals surface area contributed by atoms with Crippen LogP contribution in [0, 0.1) is 12.7 Å². The zero-order chi connectivity index (χ0) is 24.6. The van der Waals surface area contributed by atoms with Gasteiger partial charge in [0, 0.05) is 5.56 Å². The van der Waals surface area contributed by atoms with Gasteiger partial charge in [-0.25, -0.2) is 9.18 Å². The molecule has 0 bridgehead atoms. The topological polar surface area (TPSA) is 84.5 Å². The van der Waals surface area contributed by atoms with Crippen molar-refractivity contribution in [2.24, 2.45) is 0 Å². The summed E-state index contributed by atoms with van der Waals surface area (Å²) < 4.78 is 45.7. The summed E-state index contributed by atoms with van der Waals surface area (Å²) in [6.07, 6.45) is 0.324. The standard InChI is InChI=1S/C23H22ClF3N2O4/c1-12-5-4-6-16(18(12)19(30)33-3)14-7-8-15(17(25)11-14)13(2)28-20(31)22(9-10-22)29-21(32)23(24,26)27/h4-8,11,13H,9-10H2,1-3H3,(H,28,31)(H,29,32)/t13-/m1/s1. The molecule has 1 saturated carbocycles. The summed E-state index contributed by atoms with van der Waals surface area (Å²) >= 11 is 4.70. The Labute approximate surface area is 193 Å². The van der Waals surface area contributed by atoms with Crippen LogP contribution in [-0.2, 0) is 14.3 Å². The van der Waals surface area contributed by atoms with Gasteiger partial charge in [0.25, 0.3) is 0 Å². The fourth-order valence-electron chi connectivity index (χ4n) is 3.56. The van der Waals surface area contributed by atoms with E-state index in [4.69, 9.17) is 16.3 Å². The molecule has 2 aromatic rings. The van der Waals surface area contributed by atoms with Crippen LogP contribution in [0.5, 0.6) is 0 Å². The Morgan fingerprint density at radius 1 is 1.18 bits per heavy atom. The number of carbonyl (C=O) groups excluding carboxylic acids is 3. The van der Waals surface area contributed by atoms with Gasteiger partial charge in [0.1, 0.15) is 11.4 Å². The molecule has 2 aromatic carbocycles. The maximum absolute atomic E-state index is 15.0. The third-order valence-corrected chi connectivity index (χ3v) is 5.75. The van der Waals surface area contributed by atoms with Crippen molar-refractivity contribution in [3.05, 3.63) is 58.9 Å². The number of esters is 1. The lowest BCUT2D eigenvalue weighted by Crippen LogP contribution is -2.52. The summed E-state index contributed by atoms with van der Waals surface area (Å²) in [6, 6.07) is 8.63. The largest absolute Gasteiger partial charge is 0.465 e. The highest BCUT2D eigenvalue weighted by Gasteiger charge is 2.54. The maximum atomic E-state index is 15.0. The normalized spacial score (nSPS) is 15.4. The average molecular weight is 483 g/mol. The van der Waals surface area contributed by atoms with Gasteiger partial charge in [-0.05, 0) is 61.0 Å². The predicted octanol–water partition coefficient (Wildman–Crippen LogP) is 4.25. The molecule has 1 fully saturated rings. The van der Waals surface area contributed by atoms with Crippen LogP contribution in [-0.4, -0.2) is 35.8 Å². The minimum absolute atomic E-state index is 0.143. The lowest BCUT2D eigenvalue weighted by Gasteiger charge is -2.22. The molecule has 1 aliphatic rings. The molecule has 0 heterocycles.